The lowest BCUT2D eigenvalue weighted by Crippen LogP contribution is -2.26. The first-order valence-electron chi connectivity index (χ1n) is 6.83. The molecule has 21 heavy (non-hydrogen) atoms. The lowest BCUT2D eigenvalue weighted by Gasteiger charge is -2.25. The van der Waals surface area contributed by atoms with Gasteiger partial charge in [0.2, 0.25) is 0 Å². The Hall–Kier alpha value is -2.49. The van der Waals surface area contributed by atoms with Crippen molar-refractivity contribution in [3.05, 3.63) is 47.0 Å². The molecule has 1 aliphatic heterocycles. The van der Waals surface area contributed by atoms with Gasteiger partial charge in [-0.25, -0.2) is 4.79 Å². The van der Waals surface area contributed by atoms with E-state index in [1.54, 1.807) is 24.3 Å². The Bertz CT molecular complexity index is 717. The van der Waals surface area contributed by atoms with E-state index in [2.05, 4.69) is 0 Å². The second-order valence-corrected chi connectivity index (χ2v) is 5.41. The van der Waals surface area contributed by atoms with Crippen LogP contribution in [0, 0.1) is 6.92 Å². The topological polar surface area (TPSA) is 66.8 Å². The van der Waals surface area contributed by atoms with Gasteiger partial charge in [0, 0.05) is 12.0 Å². The molecular weight excluding hydrogens is 268 g/mol. The summed E-state index contributed by atoms with van der Waals surface area (Å²) in [5, 5.41) is 19.8. The van der Waals surface area contributed by atoms with Gasteiger partial charge in [-0.2, -0.15) is 0 Å². The van der Waals surface area contributed by atoms with Crippen LogP contribution < -0.4 is 0 Å². The SMILES string of the molecule is Cc1cc(-c2ccc(O)cc2)c(O)c2c1C[C@@H](C)OC2=O. The molecule has 0 spiro atoms. The molecular formula is C17H16O4. The van der Waals surface area contributed by atoms with Crippen molar-refractivity contribution in [1.29, 1.82) is 0 Å². The molecule has 0 bridgehead atoms. The van der Waals surface area contributed by atoms with Gasteiger partial charge in [0.15, 0.2) is 0 Å². The number of esters is 1. The van der Waals surface area contributed by atoms with Crippen LogP contribution in [0.15, 0.2) is 30.3 Å². The summed E-state index contributed by atoms with van der Waals surface area (Å²) in [5.74, 6) is -0.385. The molecule has 0 unspecified atom stereocenters. The number of hydrogen-bond acceptors (Lipinski definition) is 4. The summed E-state index contributed by atoms with van der Waals surface area (Å²) in [4.78, 5) is 12.1. The third kappa shape index (κ3) is 2.23. The first-order chi connectivity index (χ1) is 9.97. The summed E-state index contributed by atoms with van der Waals surface area (Å²) in [5.41, 5.74) is 3.37. The van der Waals surface area contributed by atoms with Gasteiger partial charge in [-0.15, -0.1) is 0 Å². The molecule has 108 valence electrons. The van der Waals surface area contributed by atoms with Gasteiger partial charge >= 0.3 is 5.97 Å². The molecule has 2 aromatic rings. The summed E-state index contributed by atoms with van der Waals surface area (Å²) in [7, 11) is 0. The summed E-state index contributed by atoms with van der Waals surface area (Å²) in [6, 6.07) is 8.36. The summed E-state index contributed by atoms with van der Waals surface area (Å²) in [6.45, 7) is 3.76. The fourth-order valence-corrected chi connectivity index (χ4v) is 2.76. The maximum absolute atomic E-state index is 12.1. The van der Waals surface area contributed by atoms with Crippen LogP contribution in [0.5, 0.6) is 11.5 Å². The van der Waals surface area contributed by atoms with Crippen molar-refractivity contribution in [2.24, 2.45) is 0 Å². The summed E-state index contributed by atoms with van der Waals surface area (Å²) in [6.07, 6.45) is 0.429. The number of cyclic esters (lactones) is 1. The number of carbonyl (C=O) groups is 1. The van der Waals surface area contributed by atoms with Crippen LogP contribution in [-0.4, -0.2) is 22.3 Å². The number of aromatic hydroxyl groups is 2. The van der Waals surface area contributed by atoms with Gasteiger partial charge in [-0.3, -0.25) is 0 Å². The molecule has 3 rings (SSSR count). The van der Waals surface area contributed by atoms with E-state index in [1.165, 1.54) is 0 Å². The van der Waals surface area contributed by atoms with E-state index in [4.69, 9.17) is 4.74 Å². The third-order valence-electron chi connectivity index (χ3n) is 3.81. The molecule has 4 nitrogen and oxygen atoms in total. The average molecular weight is 284 g/mol. The Morgan fingerprint density at radius 1 is 1.19 bits per heavy atom. The normalized spacial score (nSPS) is 17.2. The second-order valence-electron chi connectivity index (χ2n) is 5.41. The molecule has 1 heterocycles. The van der Waals surface area contributed by atoms with E-state index in [0.29, 0.717) is 12.0 Å². The Balaban J connectivity index is 2.21. The quantitative estimate of drug-likeness (QED) is 0.789. The highest BCUT2D eigenvalue weighted by molar-refractivity contribution is 5.98. The second kappa shape index (κ2) is 4.81. The Kier molecular flexibility index (Phi) is 3.09. The standard InChI is InChI=1S/C17H16O4/c1-9-7-14(11-3-5-12(18)6-4-11)16(19)15-13(9)8-10(2)21-17(15)20/h3-7,10,18-19H,8H2,1-2H3/t10-/m1/s1. The maximum atomic E-state index is 12.1. The van der Waals surface area contributed by atoms with Gasteiger partial charge in [0.1, 0.15) is 23.2 Å². The minimum atomic E-state index is -0.482. The molecule has 0 radical (unpaired) electrons. The molecule has 1 aliphatic rings. The highest BCUT2D eigenvalue weighted by Crippen LogP contribution is 2.39. The van der Waals surface area contributed by atoms with Crippen molar-refractivity contribution in [1.82, 2.24) is 0 Å². The zero-order chi connectivity index (χ0) is 15.1. The number of benzene rings is 2. The van der Waals surface area contributed by atoms with Gasteiger partial charge in [-0.1, -0.05) is 12.1 Å². The first kappa shape index (κ1) is 13.5. The van der Waals surface area contributed by atoms with Crippen molar-refractivity contribution in [3.63, 3.8) is 0 Å². The summed E-state index contributed by atoms with van der Waals surface area (Å²) >= 11 is 0. The van der Waals surface area contributed by atoms with E-state index >= 15 is 0 Å². The van der Waals surface area contributed by atoms with Crippen molar-refractivity contribution in [3.8, 4) is 22.6 Å². The lowest BCUT2D eigenvalue weighted by atomic mass is 9.89. The molecule has 2 aromatic carbocycles. The van der Waals surface area contributed by atoms with Gasteiger partial charge in [0.05, 0.1) is 0 Å². The number of ether oxygens (including phenoxy) is 1. The average Bonchev–Trinajstić information content (AvgIpc) is 2.43. The van der Waals surface area contributed by atoms with Crippen LogP contribution in [0.3, 0.4) is 0 Å². The molecule has 0 fully saturated rings. The number of aryl methyl sites for hydroxylation is 1. The Morgan fingerprint density at radius 3 is 2.52 bits per heavy atom. The molecule has 4 heteroatoms. The highest BCUT2D eigenvalue weighted by atomic mass is 16.5. The molecule has 0 saturated carbocycles. The van der Waals surface area contributed by atoms with Gasteiger partial charge in [-0.05, 0) is 48.7 Å². The highest BCUT2D eigenvalue weighted by Gasteiger charge is 2.30. The van der Waals surface area contributed by atoms with Crippen LogP contribution >= 0.6 is 0 Å². The van der Waals surface area contributed by atoms with Crippen LogP contribution in [0.25, 0.3) is 11.1 Å². The van der Waals surface area contributed by atoms with E-state index in [0.717, 1.165) is 16.7 Å². The number of phenols is 2. The Morgan fingerprint density at radius 2 is 1.86 bits per heavy atom. The number of carbonyl (C=O) groups excluding carboxylic acids is 1. The number of hydrogen-bond donors (Lipinski definition) is 2. The summed E-state index contributed by atoms with van der Waals surface area (Å²) < 4.78 is 5.22. The van der Waals surface area contributed by atoms with Crippen LogP contribution in [-0.2, 0) is 11.2 Å². The zero-order valence-corrected chi connectivity index (χ0v) is 11.9. The van der Waals surface area contributed by atoms with Crippen molar-refractivity contribution in [2.75, 3.05) is 0 Å². The first-order valence-corrected chi connectivity index (χ1v) is 6.83. The minimum Gasteiger partial charge on any atom is -0.508 e. The molecule has 0 aliphatic carbocycles. The Labute approximate surface area is 122 Å². The minimum absolute atomic E-state index is 0.0572. The van der Waals surface area contributed by atoms with E-state index in [1.807, 2.05) is 19.9 Å². The number of phenolic OH excluding ortho intramolecular Hbond substituents is 2. The third-order valence-corrected chi connectivity index (χ3v) is 3.81. The van der Waals surface area contributed by atoms with Crippen LogP contribution in [0.2, 0.25) is 0 Å². The van der Waals surface area contributed by atoms with Gasteiger partial charge < -0.3 is 14.9 Å². The molecule has 0 saturated heterocycles. The zero-order valence-electron chi connectivity index (χ0n) is 11.9. The van der Waals surface area contributed by atoms with Crippen molar-refractivity contribution < 1.29 is 19.7 Å². The fraction of sp³-hybridized carbons (Fsp3) is 0.235. The van der Waals surface area contributed by atoms with E-state index in [9.17, 15) is 15.0 Å². The molecule has 0 amide bonds. The predicted molar refractivity (Wildman–Crippen MR) is 78.5 cm³/mol. The van der Waals surface area contributed by atoms with E-state index < -0.39 is 5.97 Å². The monoisotopic (exact) mass is 284 g/mol. The number of rotatable bonds is 1. The molecule has 2 N–H and O–H groups in total. The molecule has 1 atom stereocenters. The predicted octanol–water partition coefficient (Wildman–Crippen LogP) is 3.17. The van der Waals surface area contributed by atoms with E-state index in [-0.39, 0.29) is 23.2 Å². The fourth-order valence-electron chi connectivity index (χ4n) is 2.76. The van der Waals surface area contributed by atoms with Crippen molar-refractivity contribution in [2.45, 2.75) is 26.4 Å². The maximum Gasteiger partial charge on any atom is 0.342 e. The number of fused-ring (bicyclic) bond motifs is 1. The molecule has 0 aromatic heterocycles. The lowest BCUT2D eigenvalue weighted by molar-refractivity contribution is 0.0296. The smallest absolute Gasteiger partial charge is 0.342 e. The van der Waals surface area contributed by atoms with Crippen LogP contribution in [0.1, 0.15) is 28.4 Å². The van der Waals surface area contributed by atoms with Gasteiger partial charge in [0.25, 0.3) is 0 Å². The van der Waals surface area contributed by atoms with Crippen molar-refractivity contribution >= 4 is 5.97 Å². The largest absolute Gasteiger partial charge is 0.508 e. The van der Waals surface area contributed by atoms with Crippen LogP contribution in [0.4, 0.5) is 0 Å².